The molecule has 0 aromatic carbocycles. The first-order valence-corrected chi connectivity index (χ1v) is 12.1. The first kappa shape index (κ1) is 23.0. The molecule has 0 amide bonds. The quantitative estimate of drug-likeness (QED) is 0.0968. The van der Waals surface area contributed by atoms with Crippen molar-refractivity contribution in [3.8, 4) is 0 Å². The normalized spacial score (nSPS) is 10.7. The first-order chi connectivity index (χ1) is 14.7. The fourth-order valence-electron chi connectivity index (χ4n) is 2.20. The average Bonchev–Trinajstić information content (AvgIpc) is 3.40. The summed E-state index contributed by atoms with van der Waals surface area (Å²) in [6.45, 7) is 1.75. The second-order valence-electron chi connectivity index (χ2n) is 5.91. The summed E-state index contributed by atoms with van der Waals surface area (Å²) in [6.07, 6.45) is 0. The molecular formula is C17H12N4O6S4. The van der Waals surface area contributed by atoms with Crippen molar-refractivity contribution in [2.45, 2.75) is 17.1 Å². The van der Waals surface area contributed by atoms with Crippen molar-refractivity contribution >= 4 is 69.1 Å². The van der Waals surface area contributed by atoms with Crippen LogP contribution in [0.5, 0.6) is 0 Å². The van der Waals surface area contributed by atoms with E-state index in [1.807, 2.05) is 0 Å². The molecule has 14 heteroatoms. The predicted molar refractivity (Wildman–Crippen MR) is 119 cm³/mol. The van der Waals surface area contributed by atoms with E-state index in [1.165, 1.54) is 34.7 Å². The van der Waals surface area contributed by atoms with Crippen LogP contribution in [0.2, 0.25) is 0 Å². The van der Waals surface area contributed by atoms with Crippen LogP contribution >= 0.6 is 46.2 Å². The number of nitrogens with zero attached hydrogens (tertiary/aromatic N) is 4. The predicted octanol–water partition coefficient (Wildman–Crippen LogP) is 4.67. The van der Waals surface area contributed by atoms with Crippen molar-refractivity contribution in [2.24, 2.45) is 0 Å². The van der Waals surface area contributed by atoms with Crippen molar-refractivity contribution < 1.29 is 19.4 Å². The maximum Gasteiger partial charge on any atom is 0.280 e. The highest BCUT2D eigenvalue weighted by atomic mass is 32.2. The molecule has 3 aromatic heterocycles. The Kier molecular flexibility index (Phi) is 7.48. The van der Waals surface area contributed by atoms with Gasteiger partial charge in [0.2, 0.25) is 0 Å². The zero-order valence-electron chi connectivity index (χ0n) is 15.7. The number of rotatable bonds is 10. The van der Waals surface area contributed by atoms with E-state index in [0.717, 1.165) is 34.4 Å². The summed E-state index contributed by atoms with van der Waals surface area (Å²) in [5.74, 6) is -0.445. The molecule has 0 unspecified atom stereocenters. The van der Waals surface area contributed by atoms with Crippen molar-refractivity contribution in [1.29, 1.82) is 0 Å². The molecule has 0 saturated carbocycles. The average molecular weight is 497 g/mol. The number of carbonyl (C=O) groups excluding carboxylic acids is 2. The fourth-order valence-corrected chi connectivity index (χ4v) is 5.66. The van der Waals surface area contributed by atoms with Gasteiger partial charge < -0.3 is 0 Å². The lowest BCUT2D eigenvalue weighted by molar-refractivity contribution is -0.384. The monoisotopic (exact) mass is 496 g/mol. The number of aromatic nitrogens is 2. The number of thioether (sulfide) groups is 2. The van der Waals surface area contributed by atoms with E-state index in [1.54, 1.807) is 13.0 Å². The van der Waals surface area contributed by atoms with Crippen LogP contribution in [-0.4, -0.2) is 42.9 Å². The Morgan fingerprint density at radius 2 is 1.42 bits per heavy atom. The summed E-state index contributed by atoms with van der Waals surface area (Å²) in [5, 5.41) is 25.0. The van der Waals surface area contributed by atoms with E-state index in [9.17, 15) is 29.8 Å². The van der Waals surface area contributed by atoms with Crippen molar-refractivity contribution in [2.75, 3.05) is 11.5 Å². The molecule has 31 heavy (non-hydrogen) atoms. The summed E-state index contributed by atoms with van der Waals surface area (Å²) in [7, 11) is 0. The Morgan fingerprint density at radius 3 is 1.90 bits per heavy atom. The Morgan fingerprint density at radius 1 is 0.903 bits per heavy atom. The van der Waals surface area contributed by atoms with Crippen LogP contribution in [-0.2, 0) is 0 Å². The lowest BCUT2D eigenvalue weighted by Crippen LogP contribution is -2.03. The maximum absolute atomic E-state index is 12.3. The van der Waals surface area contributed by atoms with E-state index in [0.29, 0.717) is 20.8 Å². The van der Waals surface area contributed by atoms with Crippen molar-refractivity contribution in [3.63, 3.8) is 0 Å². The van der Waals surface area contributed by atoms with Gasteiger partial charge in [-0.3, -0.25) is 29.8 Å². The smallest absolute Gasteiger partial charge is 0.280 e. The van der Waals surface area contributed by atoms with Crippen molar-refractivity contribution in [1.82, 2.24) is 9.97 Å². The molecule has 0 spiro atoms. The van der Waals surface area contributed by atoms with E-state index in [2.05, 4.69) is 9.97 Å². The van der Waals surface area contributed by atoms with Crippen LogP contribution in [0.3, 0.4) is 0 Å². The molecule has 3 heterocycles. The van der Waals surface area contributed by atoms with Gasteiger partial charge in [-0.15, -0.1) is 22.7 Å². The lowest BCUT2D eigenvalue weighted by atomic mass is 10.3. The number of carbonyl (C=O) groups is 2. The zero-order chi connectivity index (χ0) is 22.5. The molecule has 0 aliphatic carbocycles. The molecule has 0 saturated heterocycles. The van der Waals surface area contributed by atoms with E-state index >= 15 is 0 Å². The first-order valence-electron chi connectivity index (χ1n) is 8.36. The maximum atomic E-state index is 12.3. The minimum Gasteiger partial charge on any atom is -0.292 e. The molecule has 0 bridgehead atoms. The molecule has 0 aliphatic heterocycles. The highest BCUT2D eigenvalue weighted by Gasteiger charge is 2.18. The van der Waals surface area contributed by atoms with E-state index in [-0.39, 0.29) is 39.3 Å². The molecule has 0 atom stereocenters. The van der Waals surface area contributed by atoms with Crippen LogP contribution < -0.4 is 0 Å². The number of Topliss-reactive ketones (excluding diaryl/α,β-unsaturated/α-hetero) is 2. The van der Waals surface area contributed by atoms with Gasteiger partial charge in [-0.1, -0.05) is 23.5 Å². The van der Waals surface area contributed by atoms with Gasteiger partial charge in [-0.05, 0) is 13.0 Å². The highest BCUT2D eigenvalue weighted by Crippen LogP contribution is 2.27. The molecule has 0 fully saturated rings. The highest BCUT2D eigenvalue weighted by molar-refractivity contribution is 8.00. The third-order valence-electron chi connectivity index (χ3n) is 3.64. The van der Waals surface area contributed by atoms with Crippen LogP contribution in [0.15, 0.2) is 39.1 Å². The van der Waals surface area contributed by atoms with Gasteiger partial charge in [0, 0.05) is 17.8 Å². The van der Waals surface area contributed by atoms with Crippen molar-refractivity contribution in [3.05, 3.63) is 64.6 Å². The molecule has 0 radical (unpaired) electrons. The third-order valence-corrected chi connectivity index (χ3v) is 7.31. The number of aryl methyl sites for hydroxylation is 1. The number of thiophene rings is 2. The topological polar surface area (TPSA) is 146 Å². The summed E-state index contributed by atoms with van der Waals surface area (Å²) >= 11 is 4.30. The zero-order valence-corrected chi connectivity index (χ0v) is 18.9. The summed E-state index contributed by atoms with van der Waals surface area (Å²) < 4.78 is 0. The van der Waals surface area contributed by atoms with Gasteiger partial charge in [0.15, 0.2) is 16.7 Å². The molecule has 3 rings (SSSR count). The summed E-state index contributed by atoms with van der Waals surface area (Å²) in [5.41, 5.74) is 0.415. The minimum atomic E-state index is -0.552. The summed E-state index contributed by atoms with van der Waals surface area (Å²) in [4.78, 5) is 54.1. The standard InChI is InChI=1S/C17H12N4O6S4/c1-9-2-16(30-7-12(22)14-3-10(5-28-14)20(24)25)19-17(18-9)31-8-13(23)15-4-11(6-29-15)21(26)27/h2-6H,7-8H2,1H3. The molecule has 10 nitrogen and oxygen atoms in total. The minimum absolute atomic E-state index is 0.0169. The molecule has 160 valence electrons. The third kappa shape index (κ3) is 6.16. The number of hydrogen-bond donors (Lipinski definition) is 0. The number of nitro groups is 2. The Bertz CT molecular complexity index is 1090. The van der Waals surface area contributed by atoms with Crippen LogP contribution in [0, 0.1) is 27.2 Å². The van der Waals surface area contributed by atoms with Crippen LogP contribution in [0.1, 0.15) is 25.0 Å². The largest absolute Gasteiger partial charge is 0.292 e. The molecule has 3 aromatic rings. The second kappa shape index (κ2) is 10.1. The van der Waals surface area contributed by atoms with Gasteiger partial charge >= 0.3 is 0 Å². The van der Waals surface area contributed by atoms with Gasteiger partial charge in [0.05, 0.1) is 41.9 Å². The fraction of sp³-hybridized carbons (Fsp3) is 0.176. The van der Waals surface area contributed by atoms with Gasteiger partial charge in [-0.2, -0.15) is 0 Å². The lowest BCUT2D eigenvalue weighted by Gasteiger charge is -2.04. The molecular weight excluding hydrogens is 484 g/mol. The van der Waals surface area contributed by atoms with E-state index in [4.69, 9.17) is 0 Å². The van der Waals surface area contributed by atoms with Gasteiger partial charge in [0.1, 0.15) is 5.03 Å². The van der Waals surface area contributed by atoms with E-state index < -0.39 is 9.85 Å². The Labute approximate surface area is 191 Å². The van der Waals surface area contributed by atoms with Crippen LogP contribution in [0.4, 0.5) is 11.4 Å². The van der Waals surface area contributed by atoms with Gasteiger partial charge in [-0.25, -0.2) is 9.97 Å². The summed E-state index contributed by atoms with van der Waals surface area (Å²) in [6, 6.07) is 4.19. The Hall–Kier alpha value is -2.68. The number of ketones is 2. The Balaban J connectivity index is 1.60. The number of hydrogen-bond acceptors (Lipinski definition) is 12. The van der Waals surface area contributed by atoms with Crippen LogP contribution in [0.25, 0.3) is 0 Å². The molecule has 0 aliphatic rings. The SMILES string of the molecule is Cc1cc(SCC(=O)c2cc([N+](=O)[O-])cs2)nc(SCC(=O)c2cc([N+](=O)[O-])cs2)n1. The molecule has 0 N–H and O–H groups in total. The van der Waals surface area contributed by atoms with Gasteiger partial charge in [0.25, 0.3) is 11.4 Å². The second-order valence-corrected chi connectivity index (χ2v) is 9.67.